The van der Waals surface area contributed by atoms with Crippen molar-refractivity contribution in [3.05, 3.63) is 60.2 Å². The zero-order valence-electron chi connectivity index (χ0n) is 14.1. The van der Waals surface area contributed by atoms with Crippen molar-refractivity contribution in [1.29, 1.82) is 0 Å². The van der Waals surface area contributed by atoms with Crippen molar-refractivity contribution in [2.24, 2.45) is 5.73 Å². The fraction of sp³-hybridized carbons (Fsp3) is 0.316. The summed E-state index contributed by atoms with van der Waals surface area (Å²) in [6.07, 6.45) is 0. The largest absolute Gasteiger partial charge is 0.324 e. The van der Waals surface area contributed by atoms with Crippen molar-refractivity contribution in [2.45, 2.75) is 42.9 Å². The van der Waals surface area contributed by atoms with Gasteiger partial charge < -0.3 is 11.1 Å². The normalized spacial score (nSPS) is 14.1. The second-order valence-corrected chi connectivity index (χ2v) is 8.66. The molecule has 0 aliphatic rings. The molecule has 0 aliphatic heterocycles. The minimum atomic E-state index is -1.07. The Morgan fingerprint density at radius 2 is 1.52 bits per heavy atom. The Kier molecular flexibility index (Phi) is 5.17. The molecule has 2 aromatic rings. The molecule has 3 nitrogen and oxygen atoms in total. The highest BCUT2D eigenvalue weighted by atomic mass is 32.2. The van der Waals surface area contributed by atoms with E-state index < -0.39 is 5.54 Å². The van der Waals surface area contributed by atoms with Crippen LogP contribution in [0.2, 0.25) is 0 Å². The Labute approximate surface area is 142 Å². The highest BCUT2D eigenvalue weighted by molar-refractivity contribution is 8.00. The smallest absolute Gasteiger partial charge is 0.248 e. The lowest BCUT2D eigenvalue weighted by molar-refractivity contribution is -0.120. The van der Waals surface area contributed by atoms with E-state index in [1.165, 1.54) is 4.90 Å². The lowest BCUT2D eigenvalue weighted by Crippen LogP contribution is -2.45. The second kappa shape index (κ2) is 6.77. The molecular formula is C19H24N2OS. The molecule has 4 heteroatoms. The fourth-order valence-electron chi connectivity index (χ4n) is 2.14. The highest BCUT2D eigenvalue weighted by Crippen LogP contribution is 2.32. The first kappa shape index (κ1) is 17.6. The van der Waals surface area contributed by atoms with Crippen molar-refractivity contribution in [2.75, 3.05) is 5.32 Å². The maximum Gasteiger partial charge on any atom is 0.248 e. The van der Waals surface area contributed by atoms with Crippen molar-refractivity contribution >= 4 is 23.4 Å². The summed E-state index contributed by atoms with van der Waals surface area (Å²) in [6, 6.07) is 17.2. The molecule has 1 unspecified atom stereocenters. The molecule has 2 aromatic carbocycles. The molecule has 0 bridgehead atoms. The monoisotopic (exact) mass is 328 g/mol. The van der Waals surface area contributed by atoms with Gasteiger partial charge in [-0.25, -0.2) is 0 Å². The minimum absolute atomic E-state index is 0.161. The van der Waals surface area contributed by atoms with Crippen LogP contribution in [0.3, 0.4) is 0 Å². The SMILES string of the molecule is CC(C)(C)Sc1ccc(NC(=O)C(C)(N)c2ccccc2)cc1. The van der Waals surface area contributed by atoms with Gasteiger partial charge in [0, 0.05) is 15.3 Å². The van der Waals surface area contributed by atoms with Crippen LogP contribution in [0.5, 0.6) is 0 Å². The first-order valence-electron chi connectivity index (χ1n) is 7.63. The van der Waals surface area contributed by atoms with E-state index in [9.17, 15) is 4.79 Å². The summed E-state index contributed by atoms with van der Waals surface area (Å²) >= 11 is 1.79. The molecule has 0 saturated heterocycles. The maximum absolute atomic E-state index is 12.5. The van der Waals surface area contributed by atoms with Gasteiger partial charge in [-0.15, -0.1) is 11.8 Å². The van der Waals surface area contributed by atoms with E-state index in [1.54, 1.807) is 18.7 Å². The van der Waals surface area contributed by atoms with Gasteiger partial charge in [-0.05, 0) is 36.8 Å². The van der Waals surface area contributed by atoms with Gasteiger partial charge in [0.25, 0.3) is 0 Å². The van der Waals surface area contributed by atoms with Crippen molar-refractivity contribution in [3.8, 4) is 0 Å². The molecule has 0 radical (unpaired) electrons. The van der Waals surface area contributed by atoms with E-state index in [0.29, 0.717) is 0 Å². The molecule has 0 spiro atoms. The molecule has 2 rings (SSSR count). The number of amides is 1. The third kappa shape index (κ3) is 4.85. The summed E-state index contributed by atoms with van der Waals surface area (Å²) in [5.74, 6) is -0.222. The molecule has 0 saturated carbocycles. The van der Waals surface area contributed by atoms with Gasteiger partial charge in [0.2, 0.25) is 5.91 Å². The first-order valence-corrected chi connectivity index (χ1v) is 8.45. The topological polar surface area (TPSA) is 55.1 Å². The summed E-state index contributed by atoms with van der Waals surface area (Å²) < 4.78 is 0.161. The van der Waals surface area contributed by atoms with Crippen LogP contribution in [-0.4, -0.2) is 10.7 Å². The van der Waals surface area contributed by atoms with E-state index in [0.717, 1.165) is 11.3 Å². The van der Waals surface area contributed by atoms with Gasteiger partial charge in [-0.2, -0.15) is 0 Å². The van der Waals surface area contributed by atoms with Crippen LogP contribution in [0, 0.1) is 0 Å². The summed E-state index contributed by atoms with van der Waals surface area (Å²) in [4.78, 5) is 13.7. The maximum atomic E-state index is 12.5. The van der Waals surface area contributed by atoms with Crippen LogP contribution in [0.4, 0.5) is 5.69 Å². The van der Waals surface area contributed by atoms with Gasteiger partial charge in [0.1, 0.15) is 5.54 Å². The summed E-state index contributed by atoms with van der Waals surface area (Å²) in [5, 5.41) is 2.90. The number of thioether (sulfide) groups is 1. The Bertz CT molecular complexity index is 658. The van der Waals surface area contributed by atoms with Gasteiger partial charge in [0.05, 0.1) is 0 Å². The van der Waals surface area contributed by atoms with E-state index in [2.05, 4.69) is 26.1 Å². The van der Waals surface area contributed by atoms with Crippen LogP contribution in [-0.2, 0) is 10.3 Å². The van der Waals surface area contributed by atoms with E-state index in [-0.39, 0.29) is 10.7 Å². The van der Waals surface area contributed by atoms with E-state index in [1.807, 2.05) is 54.6 Å². The highest BCUT2D eigenvalue weighted by Gasteiger charge is 2.30. The van der Waals surface area contributed by atoms with Crippen LogP contribution in [0.15, 0.2) is 59.5 Å². The quantitative estimate of drug-likeness (QED) is 0.818. The molecule has 23 heavy (non-hydrogen) atoms. The lowest BCUT2D eigenvalue weighted by Gasteiger charge is -2.24. The van der Waals surface area contributed by atoms with Crippen LogP contribution >= 0.6 is 11.8 Å². The minimum Gasteiger partial charge on any atom is -0.324 e. The van der Waals surface area contributed by atoms with E-state index in [4.69, 9.17) is 5.73 Å². The Morgan fingerprint density at radius 1 is 0.957 bits per heavy atom. The Morgan fingerprint density at radius 3 is 2.04 bits per heavy atom. The average Bonchev–Trinajstić information content (AvgIpc) is 2.48. The van der Waals surface area contributed by atoms with E-state index >= 15 is 0 Å². The van der Waals surface area contributed by atoms with Crippen molar-refractivity contribution in [1.82, 2.24) is 0 Å². The molecule has 3 N–H and O–H groups in total. The zero-order valence-corrected chi connectivity index (χ0v) is 14.9. The van der Waals surface area contributed by atoms with Gasteiger partial charge >= 0.3 is 0 Å². The number of rotatable bonds is 4. The predicted molar refractivity (Wildman–Crippen MR) is 98.7 cm³/mol. The number of nitrogens with one attached hydrogen (secondary N) is 1. The van der Waals surface area contributed by atoms with Gasteiger partial charge in [-0.3, -0.25) is 4.79 Å². The molecule has 0 aliphatic carbocycles. The first-order chi connectivity index (χ1) is 10.7. The summed E-state index contributed by atoms with van der Waals surface area (Å²) in [5.41, 5.74) is 6.70. The number of carbonyl (C=O) groups is 1. The predicted octanol–water partition coefficient (Wildman–Crippen LogP) is 4.39. The van der Waals surface area contributed by atoms with Crippen LogP contribution in [0.1, 0.15) is 33.3 Å². The summed E-state index contributed by atoms with van der Waals surface area (Å²) in [6.45, 7) is 8.24. The standard InChI is InChI=1S/C19H24N2OS/c1-18(2,3)23-16-12-10-15(11-13-16)21-17(22)19(4,20)14-8-6-5-7-9-14/h5-13H,20H2,1-4H3,(H,21,22). The molecule has 1 amide bonds. The van der Waals surface area contributed by atoms with Gasteiger partial charge in [0.15, 0.2) is 0 Å². The number of hydrogen-bond donors (Lipinski definition) is 2. The molecule has 122 valence electrons. The molecule has 1 atom stereocenters. The Hall–Kier alpha value is -1.78. The fourth-order valence-corrected chi connectivity index (χ4v) is 3.12. The van der Waals surface area contributed by atoms with Crippen molar-refractivity contribution in [3.63, 3.8) is 0 Å². The zero-order chi connectivity index (χ0) is 17.1. The van der Waals surface area contributed by atoms with Crippen LogP contribution in [0.25, 0.3) is 0 Å². The van der Waals surface area contributed by atoms with Gasteiger partial charge in [-0.1, -0.05) is 51.1 Å². The number of benzene rings is 2. The number of nitrogens with two attached hydrogens (primary N) is 1. The van der Waals surface area contributed by atoms with Crippen LogP contribution < -0.4 is 11.1 Å². The number of carbonyl (C=O) groups excluding carboxylic acids is 1. The summed E-state index contributed by atoms with van der Waals surface area (Å²) in [7, 11) is 0. The molecule has 0 heterocycles. The molecule has 0 aromatic heterocycles. The number of hydrogen-bond acceptors (Lipinski definition) is 3. The third-order valence-corrected chi connectivity index (χ3v) is 4.50. The second-order valence-electron chi connectivity index (χ2n) is 6.76. The molecule has 0 fully saturated rings. The number of anilines is 1. The van der Waals surface area contributed by atoms with Crippen molar-refractivity contribution < 1.29 is 4.79 Å². The third-order valence-electron chi connectivity index (χ3n) is 3.38. The average molecular weight is 328 g/mol. The Balaban J connectivity index is 2.08. The molecular weight excluding hydrogens is 304 g/mol. The lowest BCUT2D eigenvalue weighted by atomic mass is 9.92.